The summed E-state index contributed by atoms with van der Waals surface area (Å²) >= 11 is 6.38. The fraction of sp³-hybridized carbons (Fsp3) is 0.600. The summed E-state index contributed by atoms with van der Waals surface area (Å²) in [6.07, 6.45) is 6.02. The Hall–Kier alpha value is -0.930. The number of hydrogen-bond donors (Lipinski definition) is 1. The highest BCUT2D eigenvalue weighted by atomic mass is 35.5. The van der Waals surface area contributed by atoms with Crippen molar-refractivity contribution in [3.8, 4) is 11.5 Å². The molecule has 0 aliphatic heterocycles. The van der Waals surface area contributed by atoms with E-state index in [0.717, 1.165) is 31.4 Å². The third-order valence-corrected chi connectivity index (χ3v) is 4.63. The molecule has 3 nitrogen and oxygen atoms in total. The zero-order chi connectivity index (χ0) is 13.5. The number of rotatable bonds is 5. The molecule has 2 aliphatic rings. The van der Waals surface area contributed by atoms with Gasteiger partial charge in [0.1, 0.15) is 0 Å². The fourth-order valence-electron chi connectivity index (χ4n) is 2.71. The Bertz CT molecular complexity index is 476. The number of methoxy groups -OCH3 is 1. The molecule has 0 heterocycles. The topological polar surface area (TPSA) is 44.5 Å². The first kappa shape index (κ1) is 13.1. The molecule has 0 spiro atoms. The number of benzene rings is 1. The first-order chi connectivity index (χ1) is 9.18. The number of halogens is 1. The van der Waals surface area contributed by atoms with Crippen LogP contribution in [0.15, 0.2) is 12.1 Å². The lowest BCUT2D eigenvalue weighted by molar-refractivity contribution is 0.249. The SMILES string of the molecule is COc1cc(C2(CN)CCC2)cc(Cl)c1OC1CC1. The average molecular weight is 282 g/mol. The molecule has 1 aromatic rings. The lowest BCUT2D eigenvalue weighted by atomic mass is 9.64. The fourth-order valence-corrected chi connectivity index (χ4v) is 2.96. The molecule has 2 N–H and O–H groups in total. The van der Waals surface area contributed by atoms with Gasteiger partial charge in [-0.25, -0.2) is 0 Å². The van der Waals surface area contributed by atoms with E-state index < -0.39 is 0 Å². The van der Waals surface area contributed by atoms with E-state index in [4.69, 9.17) is 26.8 Å². The molecule has 2 saturated carbocycles. The Labute approximate surface area is 119 Å². The molecular formula is C15H20ClNO2. The maximum absolute atomic E-state index is 6.38. The van der Waals surface area contributed by atoms with Gasteiger partial charge in [0.15, 0.2) is 11.5 Å². The molecule has 4 heteroatoms. The number of hydrogen-bond acceptors (Lipinski definition) is 3. The van der Waals surface area contributed by atoms with Crippen LogP contribution in [-0.2, 0) is 5.41 Å². The standard InChI is InChI=1S/C15H20ClNO2/c1-18-13-8-10(15(9-17)5-2-6-15)7-12(16)14(13)19-11-3-4-11/h7-8,11H,2-6,9,17H2,1H3. The van der Waals surface area contributed by atoms with Gasteiger partial charge in [0, 0.05) is 12.0 Å². The van der Waals surface area contributed by atoms with Gasteiger partial charge in [-0.1, -0.05) is 18.0 Å². The predicted molar refractivity (Wildman–Crippen MR) is 76.2 cm³/mol. The minimum atomic E-state index is 0.0923. The molecule has 2 aliphatic carbocycles. The van der Waals surface area contributed by atoms with Gasteiger partial charge in [-0.15, -0.1) is 0 Å². The second-order valence-electron chi connectivity index (χ2n) is 5.64. The van der Waals surface area contributed by atoms with Gasteiger partial charge in [0.2, 0.25) is 0 Å². The molecule has 104 valence electrons. The highest BCUT2D eigenvalue weighted by Gasteiger charge is 2.38. The van der Waals surface area contributed by atoms with Crippen LogP contribution in [0.2, 0.25) is 5.02 Å². The van der Waals surface area contributed by atoms with E-state index in [2.05, 4.69) is 6.07 Å². The van der Waals surface area contributed by atoms with Crippen LogP contribution in [0, 0.1) is 0 Å². The van der Waals surface area contributed by atoms with Crippen molar-refractivity contribution in [2.24, 2.45) is 5.73 Å². The van der Waals surface area contributed by atoms with Gasteiger partial charge in [-0.3, -0.25) is 0 Å². The summed E-state index contributed by atoms with van der Waals surface area (Å²) in [4.78, 5) is 0. The predicted octanol–water partition coefficient (Wildman–Crippen LogP) is 3.27. The smallest absolute Gasteiger partial charge is 0.180 e. The summed E-state index contributed by atoms with van der Waals surface area (Å²) in [7, 11) is 1.66. The summed E-state index contributed by atoms with van der Waals surface area (Å²) in [5.74, 6) is 1.41. The van der Waals surface area contributed by atoms with Crippen LogP contribution in [0.4, 0.5) is 0 Å². The average Bonchev–Trinajstić information content (AvgIpc) is 3.15. The summed E-state index contributed by atoms with van der Waals surface area (Å²) in [6.45, 7) is 0.662. The first-order valence-corrected chi connectivity index (χ1v) is 7.31. The molecular weight excluding hydrogens is 262 g/mol. The van der Waals surface area contributed by atoms with Crippen LogP contribution < -0.4 is 15.2 Å². The second-order valence-corrected chi connectivity index (χ2v) is 6.05. The Balaban J connectivity index is 1.96. The molecule has 0 saturated heterocycles. The molecule has 0 bridgehead atoms. The molecule has 1 aromatic carbocycles. The van der Waals surface area contributed by atoms with Crippen LogP contribution in [0.5, 0.6) is 11.5 Å². The number of ether oxygens (including phenoxy) is 2. The normalized spacial score (nSPS) is 20.8. The molecule has 0 amide bonds. The lowest BCUT2D eigenvalue weighted by Crippen LogP contribution is -2.41. The largest absolute Gasteiger partial charge is 0.493 e. The zero-order valence-corrected chi connectivity index (χ0v) is 12.0. The van der Waals surface area contributed by atoms with Crippen molar-refractivity contribution in [2.75, 3.05) is 13.7 Å². The van der Waals surface area contributed by atoms with Gasteiger partial charge in [0.25, 0.3) is 0 Å². The van der Waals surface area contributed by atoms with Crippen LogP contribution >= 0.6 is 11.6 Å². The van der Waals surface area contributed by atoms with Gasteiger partial charge in [-0.2, -0.15) is 0 Å². The van der Waals surface area contributed by atoms with Gasteiger partial charge in [0.05, 0.1) is 18.2 Å². The third kappa shape index (κ3) is 2.30. The van der Waals surface area contributed by atoms with E-state index >= 15 is 0 Å². The molecule has 0 aromatic heterocycles. The van der Waals surface area contributed by atoms with Crippen molar-refractivity contribution in [1.29, 1.82) is 0 Å². The molecule has 3 rings (SSSR count). The zero-order valence-electron chi connectivity index (χ0n) is 11.2. The summed E-state index contributed by atoms with van der Waals surface area (Å²) in [5.41, 5.74) is 7.23. The quantitative estimate of drug-likeness (QED) is 0.901. The monoisotopic (exact) mass is 281 g/mol. The molecule has 2 fully saturated rings. The Morgan fingerprint density at radius 3 is 2.58 bits per heavy atom. The van der Waals surface area contributed by atoms with Gasteiger partial charge < -0.3 is 15.2 Å². The lowest BCUT2D eigenvalue weighted by Gasteiger charge is -2.41. The van der Waals surface area contributed by atoms with Crippen LogP contribution in [0.3, 0.4) is 0 Å². The van der Waals surface area contributed by atoms with Crippen molar-refractivity contribution in [1.82, 2.24) is 0 Å². The molecule has 19 heavy (non-hydrogen) atoms. The Morgan fingerprint density at radius 1 is 1.37 bits per heavy atom. The van der Waals surface area contributed by atoms with Gasteiger partial charge in [-0.05, 0) is 43.4 Å². The highest BCUT2D eigenvalue weighted by Crippen LogP contribution is 2.48. The summed E-state index contributed by atoms with van der Waals surface area (Å²) in [5, 5.41) is 0.640. The third-order valence-electron chi connectivity index (χ3n) is 4.35. The molecule has 0 radical (unpaired) electrons. The van der Waals surface area contributed by atoms with Crippen molar-refractivity contribution in [3.63, 3.8) is 0 Å². The maximum atomic E-state index is 6.38. The van der Waals surface area contributed by atoms with Gasteiger partial charge >= 0.3 is 0 Å². The minimum Gasteiger partial charge on any atom is -0.493 e. The van der Waals surface area contributed by atoms with E-state index in [-0.39, 0.29) is 5.41 Å². The summed E-state index contributed by atoms with van der Waals surface area (Å²) < 4.78 is 11.3. The van der Waals surface area contributed by atoms with Crippen molar-refractivity contribution < 1.29 is 9.47 Å². The minimum absolute atomic E-state index is 0.0923. The summed E-state index contributed by atoms with van der Waals surface area (Å²) in [6, 6.07) is 4.06. The van der Waals surface area contributed by atoms with E-state index in [1.165, 1.54) is 12.0 Å². The van der Waals surface area contributed by atoms with Crippen LogP contribution in [-0.4, -0.2) is 19.8 Å². The van der Waals surface area contributed by atoms with Crippen molar-refractivity contribution in [2.45, 2.75) is 43.6 Å². The first-order valence-electron chi connectivity index (χ1n) is 6.93. The maximum Gasteiger partial charge on any atom is 0.180 e. The van der Waals surface area contributed by atoms with E-state index in [0.29, 0.717) is 23.4 Å². The van der Waals surface area contributed by atoms with Crippen molar-refractivity contribution in [3.05, 3.63) is 22.7 Å². The van der Waals surface area contributed by atoms with E-state index in [9.17, 15) is 0 Å². The second kappa shape index (κ2) is 4.88. The number of nitrogens with two attached hydrogens (primary N) is 1. The van der Waals surface area contributed by atoms with Crippen LogP contribution in [0.1, 0.15) is 37.7 Å². The molecule has 0 unspecified atom stereocenters. The van der Waals surface area contributed by atoms with Crippen LogP contribution in [0.25, 0.3) is 0 Å². The van der Waals surface area contributed by atoms with Crippen molar-refractivity contribution >= 4 is 11.6 Å². The Morgan fingerprint density at radius 2 is 2.11 bits per heavy atom. The molecule has 0 atom stereocenters. The van der Waals surface area contributed by atoms with E-state index in [1.807, 2.05) is 6.07 Å². The van der Waals surface area contributed by atoms with E-state index in [1.54, 1.807) is 7.11 Å². The Kier molecular flexibility index (Phi) is 3.35. The highest BCUT2D eigenvalue weighted by molar-refractivity contribution is 6.32.